The van der Waals surface area contributed by atoms with Crippen molar-refractivity contribution in [3.63, 3.8) is 0 Å². The molecule has 1 aliphatic heterocycles. The van der Waals surface area contributed by atoms with Gasteiger partial charge in [0.1, 0.15) is 24.1 Å². The van der Waals surface area contributed by atoms with Crippen molar-refractivity contribution in [2.45, 2.75) is 24.6 Å². The minimum Gasteiger partial charge on any atom is -0.385 e. The second-order valence-electron chi connectivity index (χ2n) is 4.94. The van der Waals surface area contributed by atoms with Gasteiger partial charge in [0.05, 0.1) is 6.33 Å². The summed E-state index contributed by atoms with van der Waals surface area (Å²) in [6.07, 6.45) is -2.60. The van der Waals surface area contributed by atoms with E-state index >= 15 is 0 Å². The smallest absolute Gasteiger partial charge is 0.348 e. The summed E-state index contributed by atoms with van der Waals surface area (Å²) in [6, 6.07) is 0. The van der Waals surface area contributed by atoms with E-state index in [1.54, 1.807) is 0 Å². The molecule has 4 unspecified atom stereocenters. The fourth-order valence-electron chi connectivity index (χ4n) is 2.30. The molecule has 10 nitrogen and oxygen atoms in total. The number of halogens is 1. The van der Waals surface area contributed by atoms with Gasteiger partial charge in [-0.2, -0.15) is 0 Å². The van der Waals surface area contributed by atoms with Crippen molar-refractivity contribution in [2.75, 3.05) is 5.73 Å². The van der Waals surface area contributed by atoms with Crippen LogP contribution >= 0.6 is 7.60 Å². The third-order valence-corrected chi connectivity index (χ3v) is 3.92. The van der Waals surface area contributed by atoms with E-state index in [2.05, 4.69) is 15.0 Å². The lowest BCUT2D eigenvalue weighted by molar-refractivity contribution is -0.0233. The first-order chi connectivity index (χ1) is 10.8. The largest absolute Gasteiger partial charge is 0.385 e. The predicted molar refractivity (Wildman–Crippen MR) is 75.7 cm³/mol. The van der Waals surface area contributed by atoms with Crippen LogP contribution < -0.4 is 5.73 Å². The van der Waals surface area contributed by atoms with Gasteiger partial charge >= 0.3 is 7.60 Å². The molecular formula is C11H13FN5O5P. The number of aliphatic hydroxyl groups excluding tert-OH is 1. The first kappa shape index (κ1) is 16.0. The lowest BCUT2D eigenvalue weighted by Crippen LogP contribution is -2.27. The summed E-state index contributed by atoms with van der Waals surface area (Å²) in [7, 11) is -4.46. The van der Waals surface area contributed by atoms with Crippen LogP contribution in [0.5, 0.6) is 0 Å². The number of anilines is 1. The van der Waals surface area contributed by atoms with Gasteiger partial charge in [-0.05, 0) is 6.08 Å². The van der Waals surface area contributed by atoms with Gasteiger partial charge in [-0.1, -0.05) is 0 Å². The Balaban J connectivity index is 1.93. The van der Waals surface area contributed by atoms with E-state index in [0.717, 1.165) is 6.08 Å². The number of nitrogens with two attached hydrogens (primary N) is 1. The summed E-state index contributed by atoms with van der Waals surface area (Å²) in [5, 5.41) is 10.0. The molecule has 3 heterocycles. The molecule has 0 aliphatic carbocycles. The van der Waals surface area contributed by atoms with E-state index in [0.29, 0.717) is 5.82 Å². The molecular weight excluding hydrogens is 332 g/mol. The predicted octanol–water partition coefficient (Wildman–Crippen LogP) is -0.304. The molecule has 0 aromatic carbocycles. The highest BCUT2D eigenvalue weighted by molar-refractivity contribution is 7.55. The Morgan fingerprint density at radius 2 is 2.13 bits per heavy atom. The van der Waals surface area contributed by atoms with Gasteiger partial charge < -0.3 is 25.4 Å². The van der Waals surface area contributed by atoms with Gasteiger partial charge in [-0.15, -0.1) is 0 Å². The fraction of sp³-hybridized carbons (Fsp3) is 0.364. The zero-order valence-corrected chi connectivity index (χ0v) is 12.4. The van der Waals surface area contributed by atoms with Gasteiger partial charge in [-0.3, -0.25) is 9.13 Å². The number of imidazole rings is 1. The number of ether oxygens (including phenoxy) is 1. The Bertz CT molecular complexity index is 807. The lowest BCUT2D eigenvalue weighted by atomic mass is 10.1. The molecule has 23 heavy (non-hydrogen) atoms. The second-order valence-corrected chi connectivity index (χ2v) is 6.42. The molecule has 0 amide bonds. The summed E-state index contributed by atoms with van der Waals surface area (Å²) in [4.78, 5) is 29.3. The molecule has 1 aliphatic rings. The van der Waals surface area contributed by atoms with E-state index in [4.69, 9.17) is 20.3 Å². The molecule has 5 N–H and O–H groups in total. The average molecular weight is 345 g/mol. The standard InChI is InChI=1S/C11H13FN5O5P/c12-6-5(1-2-23(19,20)21)22-11(8(6)18)17-4-16-7-9(13)14-3-15-10(7)17/h1-6,8,11,18H,(H2,13,14,15)(H2,19,20,21). The zero-order valence-electron chi connectivity index (χ0n) is 11.5. The van der Waals surface area contributed by atoms with Crippen LogP contribution in [-0.4, -0.2) is 52.8 Å². The maximum atomic E-state index is 14.1. The van der Waals surface area contributed by atoms with Crippen molar-refractivity contribution < 1.29 is 28.6 Å². The Labute approximate surface area is 128 Å². The molecule has 4 atom stereocenters. The molecule has 1 fully saturated rings. The fourth-order valence-corrected chi connectivity index (χ4v) is 2.70. The molecule has 0 bridgehead atoms. The summed E-state index contributed by atoms with van der Waals surface area (Å²) in [5.41, 5.74) is 6.17. The molecule has 2 aromatic rings. The minimum absolute atomic E-state index is 0.121. The lowest BCUT2D eigenvalue weighted by Gasteiger charge is -2.15. The number of aromatic nitrogens is 4. The highest BCUT2D eigenvalue weighted by Gasteiger charge is 2.44. The maximum Gasteiger partial charge on any atom is 0.348 e. The molecule has 2 aromatic heterocycles. The van der Waals surface area contributed by atoms with Crippen molar-refractivity contribution >= 4 is 24.6 Å². The number of alkyl halides is 1. The Morgan fingerprint density at radius 3 is 2.83 bits per heavy atom. The normalized spacial score (nSPS) is 28.9. The Morgan fingerprint density at radius 1 is 1.39 bits per heavy atom. The van der Waals surface area contributed by atoms with E-state index in [9.17, 15) is 14.1 Å². The SMILES string of the molecule is Nc1ncnc2c1ncn2C1OC(C=CP(=O)(O)O)C(F)C1O. The average Bonchev–Trinajstić information content (AvgIpc) is 3.01. The summed E-state index contributed by atoms with van der Waals surface area (Å²) < 4.78 is 31.6. The molecule has 1 saturated heterocycles. The highest BCUT2D eigenvalue weighted by atomic mass is 31.2. The molecule has 124 valence electrons. The van der Waals surface area contributed by atoms with Crippen molar-refractivity contribution in [3.8, 4) is 0 Å². The van der Waals surface area contributed by atoms with Crippen molar-refractivity contribution in [2.24, 2.45) is 0 Å². The van der Waals surface area contributed by atoms with E-state index in [1.165, 1.54) is 17.2 Å². The highest BCUT2D eigenvalue weighted by Crippen LogP contribution is 2.39. The number of hydrogen-bond donors (Lipinski definition) is 4. The minimum atomic E-state index is -4.46. The van der Waals surface area contributed by atoms with Crippen LogP contribution in [0.25, 0.3) is 11.2 Å². The molecule has 0 radical (unpaired) electrons. The van der Waals surface area contributed by atoms with Crippen LogP contribution in [0.1, 0.15) is 6.23 Å². The number of rotatable bonds is 3. The number of fused-ring (bicyclic) bond motifs is 1. The summed E-state index contributed by atoms with van der Waals surface area (Å²) >= 11 is 0. The molecule has 0 spiro atoms. The molecule has 0 saturated carbocycles. The van der Waals surface area contributed by atoms with Gasteiger partial charge in [0.25, 0.3) is 0 Å². The van der Waals surface area contributed by atoms with E-state index in [-0.39, 0.29) is 17.0 Å². The van der Waals surface area contributed by atoms with Crippen molar-refractivity contribution in [1.29, 1.82) is 0 Å². The van der Waals surface area contributed by atoms with Gasteiger partial charge in [0.2, 0.25) is 0 Å². The zero-order chi connectivity index (χ0) is 16.8. The Hall–Kier alpha value is -1.91. The molecule has 3 rings (SSSR count). The topological polar surface area (TPSA) is 157 Å². The Kier molecular flexibility index (Phi) is 3.90. The first-order valence-corrected chi connectivity index (χ1v) is 8.11. The van der Waals surface area contributed by atoms with E-state index < -0.39 is 32.2 Å². The second kappa shape index (κ2) is 5.62. The summed E-state index contributed by atoms with van der Waals surface area (Å²) in [5.74, 6) is 0.655. The van der Waals surface area contributed by atoms with Gasteiger partial charge in [0.15, 0.2) is 23.9 Å². The first-order valence-electron chi connectivity index (χ1n) is 6.43. The quantitative estimate of drug-likeness (QED) is 0.548. The number of aliphatic hydroxyl groups is 1. The number of nitrogen functional groups attached to an aromatic ring is 1. The summed E-state index contributed by atoms with van der Waals surface area (Å²) in [6.45, 7) is 0. The van der Waals surface area contributed by atoms with E-state index in [1.807, 2.05) is 0 Å². The number of nitrogens with zero attached hydrogens (tertiary/aromatic N) is 4. The number of hydrogen-bond acceptors (Lipinski definition) is 7. The maximum absolute atomic E-state index is 14.1. The van der Waals surface area contributed by atoms with Crippen LogP contribution in [0.2, 0.25) is 0 Å². The van der Waals surface area contributed by atoms with Crippen molar-refractivity contribution in [1.82, 2.24) is 19.5 Å². The van der Waals surface area contributed by atoms with Crippen LogP contribution in [-0.2, 0) is 9.30 Å². The van der Waals surface area contributed by atoms with Crippen LogP contribution in [0.4, 0.5) is 10.2 Å². The van der Waals surface area contributed by atoms with Crippen molar-refractivity contribution in [3.05, 3.63) is 24.5 Å². The van der Waals surface area contributed by atoms with Crippen LogP contribution in [0.3, 0.4) is 0 Å². The third kappa shape index (κ3) is 2.96. The monoisotopic (exact) mass is 345 g/mol. The van der Waals surface area contributed by atoms with Gasteiger partial charge in [0, 0.05) is 5.82 Å². The van der Waals surface area contributed by atoms with Gasteiger partial charge in [-0.25, -0.2) is 19.3 Å². The third-order valence-electron chi connectivity index (χ3n) is 3.36. The van der Waals surface area contributed by atoms with Crippen LogP contribution in [0, 0.1) is 0 Å². The van der Waals surface area contributed by atoms with Crippen LogP contribution in [0.15, 0.2) is 24.5 Å². The molecule has 12 heteroatoms.